The van der Waals surface area contributed by atoms with Crippen LogP contribution >= 0.6 is 0 Å². The molecule has 0 bridgehead atoms. The Labute approximate surface area is 183 Å². The van der Waals surface area contributed by atoms with Gasteiger partial charge in [0, 0.05) is 24.4 Å². The fourth-order valence-corrected chi connectivity index (χ4v) is 3.90. The summed E-state index contributed by atoms with van der Waals surface area (Å²) >= 11 is 0. The van der Waals surface area contributed by atoms with Gasteiger partial charge in [0.2, 0.25) is 11.8 Å². The van der Waals surface area contributed by atoms with Crippen molar-refractivity contribution < 1.29 is 27.8 Å². The molecule has 8 nitrogen and oxygen atoms in total. The average molecular weight is 446 g/mol. The van der Waals surface area contributed by atoms with E-state index in [2.05, 4.69) is 15.3 Å². The Hall–Kier alpha value is -3.43. The number of aromatic nitrogens is 3. The van der Waals surface area contributed by atoms with Gasteiger partial charge in [-0.25, -0.2) is 9.97 Å². The van der Waals surface area contributed by atoms with Gasteiger partial charge in [-0.1, -0.05) is 0 Å². The van der Waals surface area contributed by atoms with Crippen LogP contribution < -0.4 is 19.5 Å². The van der Waals surface area contributed by atoms with Gasteiger partial charge in [-0.3, -0.25) is 9.36 Å². The van der Waals surface area contributed by atoms with Crippen molar-refractivity contribution in [2.75, 3.05) is 20.8 Å². The lowest BCUT2D eigenvalue weighted by Crippen LogP contribution is -2.26. The Balaban J connectivity index is 1.83. The van der Waals surface area contributed by atoms with Gasteiger partial charge in [-0.2, -0.15) is 8.78 Å². The standard InChI is InChI=1S/C22H24F2N4O4/c1-11(14-8-19(29)25-10-14)32-21-20-16(26-12(2)28(20)22(23)24)9-15(27-21)13-5-6-17(30-3)18(7-13)31-4/h5-7,9,11,14,22H,8,10H2,1-4H3,(H,25,29)/t11-,14-/m1/s1. The predicted octanol–water partition coefficient (Wildman–Crippen LogP) is 3.72. The summed E-state index contributed by atoms with van der Waals surface area (Å²) in [6.45, 7) is 0.971. The third-order valence-electron chi connectivity index (χ3n) is 5.66. The molecule has 1 amide bonds. The van der Waals surface area contributed by atoms with Gasteiger partial charge < -0.3 is 19.5 Å². The quantitative estimate of drug-likeness (QED) is 0.595. The monoisotopic (exact) mass is 446 g/mol. The van der Waals surface area contributed by atoms with Crippen molar-refractivity contribution in [1.29, 1.82) is 0 Å². The van der Waals surface area contributed by atoms with Crippen LogP contribution in [0, 0.1) is 12.8 Å². The van der Waals surface area contributed by atoms with E-state index >= 15 is 0 Å². The van der Waals surface area contributed by atoms with Crippen LogP contribution in [-0.4, -0.2) is 47.3 Å². The molecule has 1 aromatic carbocycles. The van der Waals surface area contributed by atoms with Crippen LogP contribution in [0.4, 0.5) is 8.78 Å². The van der Waals surface area contributed by atoms with Crippen LogP contribution in [0.15, 0.2) is 24.3 Å². The van der Waals surface area contributed by atoms with Gasteiger partial charge in [0.15, 0.2) is 11.5 Å². The maximum atomic E-state index is 13.8. The number of pyridine rings is 1. The zero-order valence-corrected chi connectivity index (χ0v) is 18.2. The lowest BCUT2D eigenvalue weighted by atomic mass is 10.0. The highest BCUT2D eigenvalue weighted by molar-refractivity contribution is 5.85. The van der Waals surface area contributed by atoms with Crippen LogP contribution in [-0.2, 0) is 4.79 Å². The number of alkyl halides is 2. The number of ether oxygens (including phenoxy) is 3. The number of imidazole rings is 1. The number of benzene rings is 1. The molecule has 0 saturated carbocycles. The Morgan fingerprint density at radius 1 is 1.16 bits per heavy atom. The van der Waals surface area contributed by atoms with Crippen LogP contribution in [0.3, 0.4) is 0 Å². The second-order valence-electron chi connectivity index (χ2n) is 7.65. The fourth-order valence-electron chi connectivity index (χ4n) is 3.90. The van der Waals surface area contributed by atoms with Gasteiger partial charge in [0.25, 0.3) is 0 Å². The number of nitrogens with one attached hydrogen (secondary N) is 1. The summed E-state index contributed by atoms with van der Waals surface area (Å²) in [4.78, 5) is 20.5. The molecular weight excluding hydrogens is 422 g/mol. The topological polar surface area (TPSA) is 87.5 Å². The molecule has 170 valence electrons. The highest BCUT2D eigenvalue weighted by atomic mass is 19.3. The molecule has 1 aliphatic heterocycles. The zero-order chi connectivity index (χ0) is 23.0. The van der Waals surface area contributed by atoms with E-state index in [0.717, 1.165) is 4.57 Å². The SMILES string of the molecule is COc1ccc(-c2cc3nc(C)n(C(F)F)c3c(O[C@H](C)[C@H]3CNC(=O)C3)n2)cc1OC. The maximum Gasteiger partial charge on any atom is 0.320 e. The van der Waals surface area contributed by atoms with Crippen molar-refractivity contribution in [3.8, 4) is 28.6 Å². The summed E-state index contributed by atoms with van der Waals surface area (Å²) < 4.78 is 45.2. The van der Waals surface area contributed by atoms with Gasteiger partial charge in [-0.05, 0) is 38.1 Å². The predicted molar refractivity (Wildman–Crippen MR) is 113 cm³/mol. The Morgan fingerprint density at radius 2 is 1.91 bits per heavy atom. The molecule has 0 spiro atoms. The van der Waals surface area contributed by atoms with E-state index in [1.807, 2.05) is 0 Å². The number of nitrogens with zero attached hydrogens (tertiary/aromatic N) is 3. The van der Waals surface area contributed by atoms with Gasteiger partial charge in [0.1, 0.15) is 17.4 Å². The molecule has 1 aliphatic rings. The number of amides is 1. The molecule has 32 heavy (non-hydrogen) atoms. The number of rotatable bonds is 7. The number of aryl methyl sites for hydroxylation is 1. The van der Waals surface area contributed by atoms with Crippen LogP contribution in [0.1, 0.15) is 25.7 Å². The van der Waals surface area contributed by atoms with Gasteiger partial charge in [-0.15, -0.1) is 0 Å². The van der Waals surface area contributed by atoms with Crippen molar-refractivity contribution in [1.82, 2.24) is 19.9 Å². The third kappa shape index (κ3) is 3.92. The normalized spacial score (nSPS) is 17.0. The van der Waals surface area contributed by atoms with Crippen molar-refractivity contribution in [2.45, 2.75) is 32.9 Å². The molecule has 3 aromatic rings. The Bertz CT molecular complexity index is 1160. The van der Waals surface area contributed by atoms with Crippen molar-refractivity contribution in [3.05, 3.63) is 30.1 Å². The van der Waals surface area contributed by atoms with E-state index in [0.29, 0.717) is 41.2 Å². The summed E-state index contributed by atoms with van der Waals surface area (Å²) in [5.41, 5.74) is 1.63. The fraction of sp³-hybridized carbons (Fsp3) is 0.409. The van der Waals surface area contributed by atoms with E-state index in [1.165, 1.54) is 21.1 Å². The van der Waals surface area contributed by atoms with Crippen molar-refractivity contribution in [2.24, 2.45) is 5.92 Å². The average Bonchev–Trinajstić information content (AvgIpc) is 3.35. The van der Waals surface area contributed by atoms with Crippen molar-refractivity contribution in [3.63, 3.8) is 0 Å². The molecule has 2 aromatic heterocycles. The minimum absolute atomic E-state index is 0.0417. The molecule has 1 N–H and O–H groups in total. The summed E-state index contributed by atoms with van der Waals surface area (Å²) in [6.07, 6.45) is -0.112. The molecule has 0 radical (unpaired) electrons. The molecular formula is C22H24F2N4O4. The number of fused-ring (bicyclic) bond motifs is 1. The van der Waals surface area contributed by atoms with Crippen molar-refractivity contribution >= 4 is 16.9 Å². The number of halogens is 2. The van der Waals surface area contributed by atoms with E-state index in [-0.39, 0.29) is 29.0 Å². The number of hydrogen-bond donors (Lipinski definition) is 1. The highest BCUT2D eigenvalue weighted by Crippen LogP contribution is 2.37. The van der Waals surface area contributed by atoms with Gasteiger partial charge in [0.05, 0.1) is 25.4 Å². The minimum Gasteiger partial charge on any atom is -0.493 e. The second-order valence-corrected chi connectivity index (χ2v) is 7.65. The summed E-state index contributed by atoms with van der Waals surface area (Å²) in [7, 11) is 3.07. The molecule has 1 fully saturated rings. The molecule has 3 heterocycles. The summed E-state index contributed by atoms with van der Waals surface area (Å²) in [5, 5.41) is 2.77. The van der Waals surface area contributed by atoms with E-state index < -0.39 is 12.7 Å². The molecule has 4 rings (SSSR count). The first-order valence-electron chi connectivity index (χ1n) is 10.2. The highest BCUT2D eigenvalue weighted by Gasteiger charge is 2.30. The number of carbonyl (C=O) groups excluding carboxylic acids is 1. The minimum atomic E-state index is -2.80. The Morgan fingerprint density at radius 3 is 2.53 bits per heavy atom. The molecule has 0 aliphatic carbocycles. The number of hydrogen-bond acceptors (Lipinski definition) is 6. The van der Waals surface area contributed by atoms with E-state index in [4.69, 9.17) is 14.2 Å². The maximum absolute atomic E-state index is 13.8. The molecule has 2 atom stereocenters. The number of carbonyl (C=O) groups is 1. The lowest BCUT2D eigenvalue weighted by Gasteiger charge is -2.20. The second kappa shape index (κ2) is 8.60. The number of methoxy groups -OCH3 is 2. The van der Waals surface area contributed by atoms with Gasteiger partial charge >= 0.3 is 6.55 Å². The summed E-state index contributed by atoms with van der Waals surface area (Å²) in [6, 6.07) is 6.92. The largest absolute Gasteiger partial charge is 0.493 e. The molecule has 10 heteroatoms. The zero-order valence-electron chi connectivity index (χ0n) is 18.2. The molecule has 0 unspecified atom stereocenters. The first-order chi connectivity index (χ1) is 15.3. The van der Waals surface area contributed by atoms with E-state index in [9.17, 15) is 13.6 Å². The first kappa shape index (κ1) is 21.8. The van der Waals surface area contributed by atoms with E-state index in [1.54, 1.807) is 31.2 Å². The third-order valence-corrected chi connectivity index (χ3v) is 5.66. The lowest BCUT2D eigenvalue weighted by molar-refractivity contribution is -0.119. The first-order valence-corrected chi connectivity index (χ1v) is 10.2. The van der Waals surface area contributed by atoms with Crippen LogP contribution in [0.5, 0.6) is 17.4 Å². The molecule has 1 saturated heterocycles. The smallest absolute Gasteiger partial charge is 0.320 e. The van der Waals surface area contributed by atoms with Crippen LogP contribution in [0.2, 0.25) is 0 Å². The van der Waals surface area contributed by atoms with Crippen LogP contribution in [0.25, 0.3) is 22.3 Å². The summed E-state index contributed by atoms with van der Waals surface area (Å²) in [5.74, 6) is 1.10. The Kier molecular flexibility index (Phi) is 5.86.